The van der Waals surface area contributed by atoms with Crippen LogP contribution >= 0.6 is 0 Å². The third-order valence-electron chi connectivity index (χ3n) is 3.32. The van der Waals surface area contributed by atoms with Crippen molar-refractivity contribution < 1.29 is 4.74 Å². The van der Waals surface area contributed by atoms with E-state index in [2.05, 4.69) is 11.2 Å². The molecule has 0 aliphatic carbocycles. The van der Waals surface area contributed by atoms with Gasteiger partial charge in [-0.3, -0.25) is 4.79 Å². The van der Waals surface area contributed by atoms with Gasteiger partial charge in [0, 0.05) is 18.7 Å². The first-order valence-electron chi connectivity index (χ1n) is 6.99. The van der Waals surface area contributed by atoms with Crippen molar-refractivity contribution in [3.8, 4) is 28.8 Å². The zero-order chi connectivity index (χ0) is 16.2. The predicted octanol–water partition coefficient (Wildman–Crippen LogP) is 3.11. The molecule has 0 unspecified atom stereocenters. The number of benzene rings is 2. The summed E-state index contributed by atoms with van der Waals surface area (Å²) in [5.74, 6) is 1.25. The quantitative estimate of drug-likeness (QED) is 0.745. The van der Waals surface area contributed by atoms with Gasteiger partial charge in [0.1, 0.15) is 11.5 Å². The molecule has 23 heavy (non-hydrogen) atoms. The molecule has 5 heteroatoms. The number of ether oxygens (including phenoxy) is 1. The Bertz CT molecular complexity index is 940. The van der Waals surface area contributed by atoms with Crippen molar-refractivity contribution in [1.29, 1.82) is 5.26 Å². The van der Waals surface area contributed by atoms with Crippen LogP contribution < -0.4 is 10.3 Å². The van der Waals surface area contributed by atoms with Gasteiger partial charge in [0.25, 0.3) is 5.56 Å². The van der Waals surface area contributed by atoms with Gasteiger partial charge in [0.15, 0.2) is 0 Å². The molecule has 1 heterocycles. The SMILES string of the molecule is Cn1nc(-c2cc(C#N)ccc2Oc2ccccc2)ccc1=O. The van der Waals surface area contributed by atoms with E-state index in [9.17, 15) is 4.79 Å². The second-order valence-corrected chi connectivity index (χ2v) is 4.92. The summed E-state index contributed by atoms with van der Waals surface area (Å²) in [7, 11) is 1.58. The summed E-state index contributed by atoms with van der Waals surface area (Å²) in [5, 5.41) is 13.4. The summed E-state index contributed by atoms with van der Waals surface area (Å²) in [6.07, 6.45) is 0. The van der Waals surface area contributed by atoms with Gasteiger partial charge in [-0.1, -0.05) is 18.2 Å². The van der Waals surface area contributed by atoms with E-state index in [1.165, 1.54) is 10.7 Å². The molecule has 0 saturated carbocycles. The summed E-state index contributed by atoms with van der Waals surface area (Å²) in [6.45, 7) is 0. The molecule has 0 spiro atoms. The fourth-order valence-electron chi connectivity index (χ4n) is 2.15. The summed E-state index contributed by atoms with van der Waals surface area (Å²) in [6, 6.07) is 19.6. The van der Waals surface area contributed by atoms with Gasteiger partial charge >= 0.3 is 0 Å². The van der Waals surface area contributed by atoms with Gasteiger partial charge in [0.05, 0.1) is 17.3 Å². The summed E-state index contributed by atoms with van der Waals surface area (Å²) >= 11 is 0. The van der Waals surface area contributed by atoms with E-state index in [-0.39, 0.29) is 5.56 Å². The molecule has 2 aromatic carbocycles. The van der Waals surface area contributed by atoms with Crippen molar-refractivity contribution in [2.24, 2.45) is 7.05 Å². The second kappa shape index (κ2) is 6.16. The van der Waals surface area contributed by atoms with Crippen LogP contribution in [-0.2, 0) is 7.05 Å². The molecule has 0 aliphatic heterocycles. The van der Waals surface area contributed by atoms with Gasteiger partial charge in [-0.05, 0) is 36.4 Å². The Labute approximate surface area is 133 Å². The maximum atomic E-state index is 11.5. The lowest BCUT2D eigenvalue weighted by molar-refractivity contribution is 0.484. The Balaban J connectivity index is 2.11. The number of para-hydroxylation sites is 1. The maximum Gasteiger partial charge on any atom is 0.266 e. The Morgan fingerprint density at radius 1 is 1.09 bits per heavy atom. The predicted molar refractivity (Wildman–Crippen MR) is 86.1 cm³/mol. The van der Waals surface area contributed by atoms with Crippen molar-refractivity contribution >= 4 is 0 Å². The molecule has 0 N–H and O–H groups in total. The molecule has 5 nitrogen and oxygen atoms in total. The Morgan fingerprint density at radius 2 is 1.87 bits per heavy atom. The Hall–Kier alpha value is -3.39. The normalized spacial score (nSPS) is 10.1. The molecule has 3 rings (SSSR count). The number of aryl methyl sites for hydroxylation is 1. The van der Waals surface area contributed by atoms with E-state index in [4.69, 9.17) is 10.00 Å². The topological polar surface area (TPSA) is 67.9 Å². The highest BCUT2D eigenvalue weighted by Gasteiger charge is 2.11. The van der Waals surface area contributed by atoms with Gasteiger partial charge in [0.2, 0.25) is 0 Å². The molecule has 0 atom stereocenters. The third kappa shape index (κ3) is 3.11. The standard InChI is InChI=1S/C18H13N3O2/c1-21-18(22)10-8-16(20-21)15-11-13(12-19)7-9-17(15)23-14-5-3-2-4-6-14/h2-11H,1H3. The first-order valence-corrected chi connectivity index (χ1v) is 6.99. The molecule has 0 saturated heterocycles. The first kappa shape index (κ1) is 14.5. The van der Waals surface area contributed by atoms with Crippen LogP contribution in [0.5, 0.6) is 11.5 Å². The van der Waals surface area contributed by atoms with Gasteiger partial charge in [-0.2, -0.15) is 10.4 Å². The number of aromatic nitrogens is 2. The van der Waals surface area contributed by atoms with Crippen molar-refractivity contribution in [3.63, 3.8) is 0 Å². The highest BCUT2D eigenvalue weighted by atomic mass is 16.5. The number of hydrogen-bond donors (Lipinski definition) is 0. The Kier molecular flexibility index (Phi) is 3.89. The highest BCUT2D eigenvalue weighted by Crippen LogP contribution is 2.32. The van der Waals surface area contributed by atoms with E-state index >= 15 is 0 Å². The van der Waals surface area contributed by atoms with Crippen molar-refractivity contribution in [2.75, 3.05) is 0 Å². The lowest BCUT2D eigenvalue weighted by Gasteiger charge is -2.11. The number of nitriles is 1. The van der Waals surface area contributed by atoms with Crippen LogP contribution in [0.15, 0.2) is 65.5 Å². The minimum atomic E-state index is -0.198. The van der Waals surface area contributed by atoms with Crippen LogP contribution in [0.25, 0.3) is 11.3 Å². The molecule has 112 valence electrons. The molecule has 0 fully saturated rings. The zero-order valence-corrected chi connectivity index (χ0v) is 12.4. The number of hydrogen-bond acceptors (Lipinski definition) is 4. The fraction of sp³-hybridized carbons (Fsp3) is 0.0556. The van der Waals surface area contributed by atoms with E-state index in [0.29, 0.717) is 28.3 Å². The van der Waals surface area contributed by atoms with Gasteiger partial charge in [-0.25, -0.2) is 4.68 Å². The third-order valence-corrected chi connectivity index (χ3v) is 3.32. The molecule has 0 amide bonds. The molecular formula is C18H13N3O2. The van der Waals surface area contributed by atoms with Crippen LogP contribution in [0.4, 0.5) is 0 Å². The average molecular weight is 303 g/mol. The molecule has 0 radical (unpaired) electrons. The van der Waals surface area contributed by atoms with Gasteiger partial charge in [-0.15, -0.1) is 0 Å². The smallest absolute Gasteiger partial charge is 0.266 e. The van der Waals surface area contributed by atoms with Gasteiger partial charge < -0.3 is 4.74 Å². The van der Waals surface area contributed by atoms with Crippen LogP contribution in [0, 0.1) is 11.3 Å². The number of rotatable bonds is 3. The minimum absolute atomic E-state index is 0.198. The average Bonchev–Trinajstić information content (AvgIpc) is 2.59. The summed E-state index contributed by atoms with van der Waals surface area (Å²) < 4.78 is 7.15. The number of nitrogens with zero attached hydrogens (tertiary/aromatic N) is 3. The second-order valence-electron chi connectivity index (χ2n) is 4.92. The largest absolute Gasteiger partial charge is 0.457 e. The summed E-state index contributed by atoms with van der Waals surface area (Å²) in [5.41, 5.74) is 1.52. The van der Waals surface area contributed by atoms with Crippen molar-refractivity contribution in [3.05, 3.63) is 76.6 Å². The molecular weight excluding hydrogens is 290 g/mol. The maximum absolute atomic E-state index is 11.5. The molecule has 1 aromatic heterocycles. The molecule has 0 aliphatic rings. The van der Waals surface area contributed by atoms with Crippen LogP contribution in [0.2, 0.25) is 0 Å². The van der Waals surface area contributed by atoms with E-state index in [1.807, 2.05) is 30.3 Å². The van der Waals surface area contributed by atoms with Crippen LogP contribution in [0.1, 0.15) is 5.56 Å². The van der Waals surface area contributed by atoms with Crippen molar-refractivity contribution in [2.45, 2.75) is 0 Å². The minimum Gasteiger partial charge on any atom is -0.457 e. The van der Waals surface area contributed by atoms with E-state index < -0.39 is 0 Å². The van der Waals surface area contributed by atoms with Crippen LogP contribution in [0.3, 0.4) is 0 Å². The monoisotopic (exact) mass is 303 g/mol. The first-order chi connectivity index (χ1) is 11.2. The lowest BCUT2D eigenvalue weighted by Crippen LogP contribution is -2.18. The van der Waals surface area contributed by atoms with E-state index in [1.54, 1.807) is 31.3 Å². The fourth-order valence-corrected chi connectivity index (χ4v) is 2.15. The summed E-state index contributed by atoms with van der Waals surface area (Å²) in [4.78, 5) is 11.5. The molecule has 3 aromatic rings. The van der Waals surface area contributed by atoms with Crippen molar-refractivity contribution in [1.82, 2.24) is 9.78 Å². The molecule has 0 bridgehead atoms. The zero-order valence-electron chi connectivity index (χ0n) is 12.4. The highest BCUT2D eigenvalue weighted by molar-refractivity contribution is 5.69. The van der Waals surface area contributed by atoms with Crippen LogP contribution in [-0.4, -0.2) is 9.78 Å². The van der Waals surface area contributed by atoms with E-state index in [0.717, 1.165) is 0 Å². The lowest BCUT2D eigenvalue weighted by atomic mass is 10.1. The Morgan fingerprint density at radius 3 is 2.57 bits per heavy atom.